The fourth-order valence-corrected chi connectivity index (χ4v) is 3.72. The summed E-state index contributed by atoms with van der Waals surface area (Å²) < 4.78 is 0. The second kappa shape index (κ2) is 5.87. The molecule has 2 N–H and O–H groups in total. The zero-order chi connectivity index (χ0) is 15.7. The van der Waals surface area contributed by atoms with Crippen molar-refractivity contribution in [1.29, 1.82) is 0 Å². The second-order valence-electron chi connectivity index (χ2n) is 6.62. The predicted octanol–water partition coefficient (Wildman–Crippen LogP) is 0.0614. The van der Waals surface area contributed by atoms with Crippen LogP contribution in [0.2, 0.25) is 0 Å². The highest BCUT2D eigenvalue weighted by Crippen LogP contribution is 2.35. The van der Waals surface area contributed by atoms with Gasteiger partial charge in [0.15, 0.2) is 0 Å². The molecule has 1 spiro atoms. The summed E-state index contributed by atoms with van der Waals surface area (Å²) in [5.74, 6) is -0.127. The minimum Gasteiger partial charge on any atom is -0.340 e. The number of urea groups is 1. The molecule has 3 fully saturated rings. The topological polar surface area (TPSA) is 81.8 Å². The molecular formula is C15H24N4O3. The van der Waals surface area contributed by atoms with E-state index in [1.54, 1.807) is 0 Å². The minimum absolute atomic E-state index is 0.0151. The Morgan fingerprint density at radius 2 is 2.05 bits per heavy atom. The van der Waals surface area contributed by atoms with Gasteiger partial charge in [0, 0.05) is 38.6 Å². The van der Waals surface area contributed by atoms with Crippen LogP contribution in [0.1, 0.15) is 39.0 Å². The molecule has 3 aliphatic rings. The third-order valence-corrected chi connectivity index (χ3v) is 4.97. The first-order valence-corrected chi connectivity index (χ1v) is 8.17. The number of hydrogen-bond donors (Lipinski definition) is 2. The van der Waals surface area contributed by atoms with Crippen molar-refractivity contribution in [2.75, 3.05) is 26.2 Å². The molecule has 1 unspecified atom stereocenters. The van der Waals surface area contributed by atoms with E-state index in [1.807, 2.05) is 11.8 Å². The summed E-state index contributed by atoms with van der Waals surface area (Å²) in [7, 11) is 0. The van der Waals surface area contributed by atoms with Crippen LogP contribution in [0.15, 0.2) is 0 Å². The molecular weight excluding hydrogens is 284 g/mol. The average Bonchev–Trinajstić information content (AvgIpc) is 3.04. The quantitative estimate of drug-likeness (QED) is 0.723. The summed E-state index contributed by atoms with van der Waals surface area (Å²) in [5, 5.41) is 6.13. The first kappa shape index (κ1) is 15.3. The highest BCUT2D eigenvalue weighted by Gasteiger charge is 2.52. The number of nitrogens with one attached hydrogen (secondary N) is 2. The molecule has 7 nitrogen and oxygen atoms in total. The molecule has 2 aliphatic heterocycles. The first-order chi connectivity index (χ1) is 10.5. The normalized spacial score (nSPS) is 27.6. The van der Waals surface area contributed by atoms with E-state index < -0.39 is 5.54 Å². The van der Waals surface area contributed by atoms with E-state index in [9.17, 15) is 14.4 Å². The van der Waals surface area contributed by atoms with Crippen LogP contribution < -0.4 is 10.6 Å². The number of imide groups is 1. The van der Waals surface area contributed by atoms with Gasteiger partial charge in [0.05, 0.1) is 0 Å². The zero-order valence-corrected chi connectivity index (χ0v) is 13.1. The van der Waals surface area contributed by atoms with Crippen molar-refractivity contribution < 1.29 is 14.4 Å². The molecule has 1 saturated carbocycles. The lowest BCUT2D eigenvalue weighted by Crippen LogP contribution is -2.51. The van der Waals surface area contributed by atoms with Crippen molar-refractivity contribution in [1.82, 2.24) is 20.4 Å². The molecule has 0 bridgehead atoms. The Bertz CT molecular complexity index is 487. The van der Waals surface area contributed by atoms with Gasteiger partial charge in [-0.15, -0.1) is 0 Å². The van der Waals surface area contributed by atoms with E-state index in [4.69, 9.17) is 0 Å². The van der Waals surface area contributed by atoms with Crippen LogP contribution in [-0.2, 0) is 9.59 Å². The molecule has 1 aliphatic carbocycles. The fourth-order valence-electron chi connectivity index (χ4n) is 3.72. The molecule has 22 heavy (non-hydrogen) atoms. The zero-order valence-electron chi connectivity index (χ0n) is 13.1. The van der Waals surface area contributed by atoms with Gasteiger partial charge in [-0.3, -0.25) is 14.5 Å². The van der Waals surface area contributed by atoms with Crippen LogP contribution in [-0.4, -0.2) is 65.4 Å². The van der Waals surface area contributed by atoms with Crippen molar-refractivity contribution in [2.24, 2.45) is 0 Å². The van der Waals surface area contributed by atoms with Crippen LogP contribution in [0.4, 0.5) is 4.79 Å². The van der Waals surface area contributed by atoms with E-state index in [1.165, 1.54) is 4.90 Å². The maximum atomic E-state index is 12.5. The summed E-state index contributed by atoms with van der Waals surface area (Å²) >= 11 is 0. The van der Waals surface area contributed by atoms with E-state index >= 15 is 0 Å². The molecule has 0 aromatic heterocycles. The SMILES string of the molecule is CC1CN(C(=O)CCN2C(=O)NC3(CCCC3)C2=O)CCN1. The summed E-state index contributed by atoms with van der Waals surface area (Å²) in [6, 6.07) is -0.0513. The van der Waals surface area contributed by atoms with Crippen molar-refractivity contribution in [2.45, 2.75) is 50.6 Å². The number of nitrogens with zero attached hydrogens (tertiary/aromatic N) is 2. The maximum absolute atomic E-state index is 12.5. The Balaban J connectivity index is 1.56. The third-order valence-electron chi connectivity index (χ3n) is 4.97. The van der Waals surface area contributed by atoms with E-state index in [0.29, 0.717) is 13.1 Å². The Morgan fingerprint density at radius 3 is 2.73 bits per heavy atom. The number of amides is 4. The highest BCUT2D eigenvalue weighted by molar-refractivity contribution is 6.07. The molecule has 7 heteroatoms. The average molecular weight is 308 g/mol. The smallest absolute Gasteiger partial charge is 0.325 e. The molecule has 0 aromatic rings. The van der Waals surface area contributed by atoms with Crippen LogP contribution in [0, 0.1) is 0 Å². The Hall–Kier alpha value is -1.63. The van der Waals surface area contributed by atoms with Crippen LogP contribution in [0.5, 0.6) is 0 Å². The molecule has 2 heterocycles. The molecule has 122 valence electrons. The minimum atomic E-state index is -0.677. The summed E-state index contributed by atoms with van der Waals surface area (Å²) in [6.45, 7) is 4.39. The van der Waals surface area contributed by atoms with E-state index in [0.717, 1.165) is 32.2 Å². The van der Waals surface area contributed by atoms with Gasteiger partial charge in [0.1, 0.15) is 5.54 Å². The standard InChI is InChI=1S/C15H24N4O3/c1-11-10-18(9-7-16-11)12(20)4-8-19-13(21)15(17-14(19)22)5-2-3-6-15/h11,16H,2-10H2,1H3,(H,17,22). The number of piperazine rings is 1. The van der Waals surface area contributed by atoms with Crippen molar-refractivity contribution in [3.8, 4) is 0 Å². The molecule has 4 amide bonds. The van der Waals surface area contributed by atoms with Crippen LogP contribution in [0.25, 0.3) is 0 Å². The lowest BCUT2D eigenvalue weighted by molar-refractivity contribution is -0.134. The van der Waals surface area contributed by atoms with Gasteiger partial charge >= 0.3 is 6.03 Å². The fraction of sp³-hybridized carbons (Fsp3) is 0.800. The van der Waals surface area contributed by atoms with Crippen molar-refractivity contribution in [3.05, 3.63) is 0 Å². The predicted molar refractivity (Wildman–Crippen MR) is 80.1 cm³/mol. The van der Waals surface area contributed by atoms with Gasteiger partial charge in [-0.05, 0) is 19.8 Å². The van der Waals surface area contributed by atoms with Gasteiger partial charge in [-0.25, -0.2) is 4.79 Å². The van der Waals surface area contributed by atoms with Crippen molar-refractivity contribution >= 4 is 17.8 Å². The number of hydrogen-bond acceptors (Lipinski definition) is 4. The lowest BCUT2D eigenvalue weighted by atomic mass is 9.98. The summed E-state index contributed by atoms with van der Waals surface area (Å²) in [5.41, 5.74) is -0.677. The highest BCUT2D eigenvalue weighted by atomic mass is 16.2. The van der Waals surface area contributed by atoms with Crippen LogP contribution >= 0.6 is 0 Å². The molecule has 1 atom stereocenters. The van der Waals surface area contributed by atoms with Gasteiger partial charge in [0.2, 0.25) is 5.91 Å². The van der Waals surface area contributed by atoms with Gasteiger partial charge < -0.3 is 15.5 Å². The van der Waals surface area contributed by atoms with Gasteiger partial charge in [-0.2, -0.15) is 0 Å². The second-order valence-corrected chi connectivity index (χ2v) is 6.62. The van der Waals surface area contributed by atoms with E-state index in [-0.39, 0.29) is 36.9 Å². The maximum Gasteiger partial charge on any atom is 0.325 e. The van der Waals surface area contributed by atoms with Gasteiger partial charge in [-0.1, -0.05) is 12.8 Å². The summed E-state index contributed by atoms with van der Waals surface area (Å²) in [4.78, 5) is 39.8. The molecule has 2 saturated heterocycles. The van der Waals surface area contributed by atoms with Crippen LogP contribution in [0.3, 0.4) is 0 Å². The number of carbonyl (C=O) groups excluding carboxylic acids is 3. The first-order valence-electron chi connectivity index (χ1n) is 8.17. The van der Waals surface area contributed by atoms with Crippen molar-refractivity contribution in [3.63, 3.8) is 0 Å². The number of carbonyl (C=O) groups is 3. The largest absolute Gasteiger partial charge is 0.340 e. The molecule has 0 radical (unpaired) electrons. The Morgan fingerprint density at radius 1 is 1.32 bits per heavy atom. The lowest BCUT2D eigenvalue weighted by Gasteiger charge is -2.32. The monoisotopic (exact) mass is 308 g/mol. The van der Waals surface area contributed by atoms with Gasteiger partial charge in [0.25, 0.3) is 5.91 Å². The van der Waals surface area contributed by atoms with E-state index in [2.05, 4.69) is 10.6 Å². The third kappa shape index (κ3) is 2.69. The Labute approximate surface area is 130 Å². The Kier molecular flexibility index (Phi) is 4.08. The number of rotatable bonds is 3. The molecule has 0 aromatic carbocycles. The molecule has 3 rings (SSSR count). The summed E-state index contributed by atoms with van der Waals surface area (Å²) in [6.07, 6.45) is 3.59.